The lowest BCUT2D eigenvalue weighted by molar-refractivity contribution is 0.0880. The van der Waals surface area contributed by atoms with Gasteiger partial charge < -0.3 is 24.3 Å². The Balaban J connectivity index is 1.51. The molecule has 0 bridgehead atoms. The largest absolute Gasteiger partial charge is 0.497 e. The number of amides is 2. The van der Waals surface area contributed by atoms with Gasteiger partial charge in [0.1, 0.15) is 5.75 Å². The van der Waals surface area contributed by atoms with Crippen molar-refractivity contribution in [3.8, 4) is 5.75 Å². The molecule has 2 aromatic heterocycles. The smallest absolute Gasteiger partial charge is 0.259 e. The number of methoxy groups -OCH3 is 1. The van der Waals surface area contributed by atoms with E-state index in [1.165, 1.54) is 0 Å². The highest BCUT2D eigenvalue weighted by atomic mass is 16.5. The Morgan fingerprint density at radius 1 is 0.974 bits per heavy atom. The molecule has 8 heteroatoms. The lowest BCUT2D eigenvalue weighted by atomic mass is 9.93. The number of hydrogen-bond donors (Lipinski definition) is 3. The van der Waals surface area contributed by atoms with E-state index >= 15 is 0 Å². The molecule has 2 aliphatic rings. The number of rotatable bonds is 5. The zero-order valence-corrected chi connectivity index (χ0v) is 21.5. The summed E-state index contributed by atoms with van der Waals surface area (Å²) in [4.78, 5) is 26.5. The number of imide groups is 1. The number of hydrogen-bond acceptors (Lipinski definition) is 5. The van der Waals surface area contributed by atoms with Gasteiger partial charge in [0.2, 0.25) is 0 Å². The highest BCUT2D eigenvalue weighted by Gasteiger charge is 2.35. The van der Waals surface area contributed by atoms with Crippen molar-refractivity contribution in [1.82, 2.24) is 19.8 Å². The van der Waals surface area contributed by atoms with Crippen molar-refractivity contribution in [3.05, 3.63) is 53.7 Å². The molecule has 2 amide bonds. The van der Waals surface area contributed by atoms with Crippen LogP contribution in [0.5, 0.6) is 5.75 Å². The first-order valence-corrected chi connectivity index (χ1v) is 13.3. The van der Waals surface area contributed by atoms with Crippen LogP contribution in [-0.2, 0) is 13.6 Å². The predicted octanol–water partition coefficient (Wildman–Crippen LogP) is 4.22. The van der Waals surface area contributed by atoms with E-state index in [1.807, 2.05) is 42.1 Å². The molecule has 5 aromatic rings. The van der Waals surface area contributed by atoms with Crippen molar-refractivity contribution in [2.75, 3.05) is 13.7 Å². The monoisotopic (exact) mass is 510 g/mol. The normalized spacial score (nSPS) is 19.7. The molecule has 7 rings (SSSR count). The van der Waals surface area contributed by atoms with E-state index < -0.39 is 0 Å². The summed E-state index contributed by atoms with van der Waals surface area (Å²) in [5.74, 6) is 0.0418. The van der Waals surface area contributed by atoms with Gasteiger partial charge in [-0.3, -0.25) is 14.9 Å². The third-order valence-electron chi connectivity index (χ3n) is 8.46. The Kier molecular flexibility index (Phi) is 5.25. The molecule has 1 aliphatic heterocycles. The topological polar surface area (TPSA) is 97.5 Å². The number of nitrogens with one attached hydrogen (secondary N) is 2. The summed E-state index contributed by atoms with van der Waals surface area (Å²) >= 11 is 0. The van der Waals surface area contributed by atoms with Crippen LogP contribution < -0.4 is 15.4 Å². The maximum Gasteiger partial charge on any atom is 0.259 e. The minimum Gasteiger partial charge on any atom is -0.497 e. The number of nitrogens with zero attached hydrogens (tertiary/aromatic N) is 2. The Morgan fingerprint density at radius 2 is 1.68 bits per heavy atom. The van der Waals surface area contributed by atoms with Crippen LogP contribution in [0.2, 0.25) is 0 Å². The summed E-state index contributed by atoms with van der Waals surface area (Å²) < 4.78 is 9.87. The van der Waals surface area contributed by atoms with Crippen LogP contribution in [0.1, 0.15) is 46.4 Å². The lowest BCUT2D eigenvalue weighted by Crippen LogP contribution is -2.36. The number of benzene rings is 3. The average molecular weight is 511 g/mol. The molecule has 0 radical (unpaired) electrons. The van der Waals surface area contributed by atoms with Crippen LogP contribution in [0, 0.1) is 0 Å². The minimum absolute atomic E-state index is 0.186. The van der Waals surface area contributed by atoms with E-state index in [9.17, 15) is 14.7 Å². The summed E-state index contributed by atoms with van der Waals surface area (Å²) in [5, 5.41) is 20.7. The van der Waals surface area contributed by atoms with Crippen molar-refractivity contribution in [3.63, 3.8) is 0 Å². The maximum absolute atomic E-state index is 13.3. The zero-order chi connectivity index (χ0) is 26.1. The number of aliphatic hydroxyl groups excluding tert-OH is 1. The third kappa shape index (κ3) is 3.30. The van der Waals surface area contributed by atoms with Gasteiger partial charge in [0.05, 0.1) is 40.9 Å². The highest BCUT2D eigenvalue weighted by molar-refractivity contribution is 6.39. The highest BCUT2D eigenvalue weighted by Crippen LogP contribution is 2.44. The van der Waals surface area contributed by atoms with Crippen LogP contribution in [0.15, 0.2) is 42.6 Å². The summed E-state index contributed by atoms with van der Waals surface area (Å²) in [6, 6.07) is 12.5. The van der Waals surface area contributed by atoms with E-state index in [-0.39, 0.29) is 17.9 Å². The summed E-state index contributed by atoms with van der Waals surface area (Å²) in [7, 11) is 3.62. The number of aryl methyl sites for hydroxylation is 1. The van der Waals surface area contributed by atoms with Gasteiger partial charge in [0, 0.05) is 65.4 Å². The van der Waals surface area contributed by atoms with Gasteiger partial charge >= 0.3 is 0 Å². The van der Waals surface area contributed by atoms with Crippen molar-refractivity contribution in [2.24, 2.45) is 7.05 Å². The Bertz CT molecular complexity index is 1790. The minimum atomic E-state index is -0.350. The molecule has 194 valence electrons. The van der Waals surface area contributed by atoms with Crippen LogP contribution in [0.25, 0.3) is 43.5 Å². The van der Waals surface area contributed by atoms with E-state index in [0.717, 1.165) is 81.5 Å². The molecule has 3 heterocycles. The van der Waals surface area contributed by atoms with Gasteiger partial charge in [0.15, 0.2) is 0 Å². The van der Waals surface area contributed by atoms with Crippen LogP contribution in [-0.4, -0.2) is 51.9 Å². The van der Waals surface area contributed by atoms with Crippen molar-refractivity contribution >= 4 is 55.3 Å². The summed E-state index contributed by atoms with van der Waals surface area (Å²) in [6.45, 7) is 1.42. The van der Waals surface area contributed by atoms with E-state index in [4.69, 9.17) is 4.74 Å². The van der Waals surface area contributed by atoms with Crippen LogP contribution in [0.4, 0.5) is 0 Å². The van der Waals surface area contributed by atoms with E-state index in [1.54, 1.807) is 7.11 Å². The Morgan fingerprint density at radius 3 is 2.42 bits per heavy atom. The first-order chi connectivity index (χ1) is 18.5. The lowest BCUT2D eigenvalue weighted by Gasteiger charge is -2.26. The number of fused-ring (bicyclic) bond motifs is 10. The zero-order valence-electron chi connectivity index (χ0n) is 21.5. The number of carbonyl (C=O) groups is 2. The molecule has 0 atom stereocenters. The molecule has 38 heavy (non-hydrogen) atoms. The second-order valence-electron chi connectivity index (χ2n) is 10.6. The van der Waals surface area contributed by atoms with Crippen LogP contribution >= 0.6 is 0 Å². The number of aromatic nitrogens is 2. The standard InChI is InChI=1S/C30H30N4O4/c1-33-13-11-16-3-9-21-24(27(16)33)26-25(29(36)32-30(26)37)23-20-10-8-19(38-2)15-22(20)34(28(21)23)14-12-31-17-4-6-18(35)7-5-17/h3,8-11,13,15,17-18,31,35H,4-7,12,14H2,1-2H3,(H,32,36,37). The molecule has 1 aliphatic carbocycles. The predicted molar refractivity (Wildman–Crippen MR) is 148 cm³/mol. The number of aliphatic hydroxyl groups is 1. The van der Waals surface area contributed by atoms with Gasteiger partial charge in [-0.05, 0) is 43.9 Å². The van der Waals surface area contributed by atoms with E-state index in [2.05, 4.69) is 27.3 Å². The number of carbonyl (C=O) groups excluding carboxylic acids is 2. The average Bonchev–Trinajstić information content (AvgIpc) is 3.56. The first-order valence-electron chi connectivity index (χ1n) is 13.3. The van der Waals surface area contributed by atoms with Gasteiger partial charge in [-0.15, -0.1) is 0 Å². The fourth-order valence-corrected chi connectivity index (χ4v) is 6.65. The van der Waals surface area contributed by atoms with Crippen LogP contribution in [0.3, 0.4) is 0 Å². The van der Waals surface area contributed by atoms with Gasteiger partial charge in [-0.1, -0.05) is 12.1 Å². The molecule has 3 N–H and O–H groups in total. The molecule has 0 unspecified atom stereocenters. The molecule has 1 saturated carbocycles. The Hall–Kier alpha value is -3.88. The first kappa shape index (κ1) is 23.3. The molecular weight excluding hydrogens is 480 g/mol. The Labute approximate surface area is 219 Å². The molecule has 0 saturated heterocycles. The fourth-order valence-electron chi connectivity index (χ4n) is 6.65. The van der Waals surface area contributed by atoms with Gasteiger partial charge in [-0.25, -0.2) is 0 Å². The molecule has 8 nitrogen and oxygen atoms in total. The van der Waals surface area contributed by atoms with Crippen molar-refractivity contribution in [2.45, 2.75) is 44.4 Å². The summed E-state index contributed by atoms with van der Waals surface area (Å²) in [5.41, 5.74) is 3.77. The maximum atomic E-state index is 13.3. The fraction of sp³-hybridized carbons (Fsp3) is 0.333. The number of ether oxygens (including phenoxy) is 1. The molecule has 0 spiro atoms. The molecular formula is C30H30N4O4. The summed E-state index contributed by atoms with van der Waals surface area (Å²) in [6.07, 6.45) is 5.39. The second kappa shape index (κ2) is 8.58. The SMILES string of the molecule is COc1ccc2c3c4c(c5c(ccc6ccn(C)c65)c3n(CCNC3CCC(O)CC3)c2c1)C(=O)NC4=O. The molecule has 3 aromatic carbocycles. The quantitative estimate of drug-likeness (QED) is 0.308. The van der Waals surface area contributed by atoms with E-state index in [0.29, 0.717) is 23.7 Å². The van der Waals surface area contributed by atoms with Crippen molar-refractivity contribution in [1.29, 1.82) is 0 Å². The second-order valence-corrected chi connectivity index (χ2v) is 10.6. The molecule has 1 fully saturated rings. The van der Waals surface area contributed by atoms with Gasteiger partial charge in [0.25, 0.3) is 11.8 Å². The third-order valence-corrected chi connectivity index (χ3v) is 8.46. The van der Waals surface area contributed by atoms with Crippen molar-refractivity contribution < 1.29 is 19.4 Å². The van der Waals surface area contributed by atoms with Gasteiger partial charge in [-0.2, -0.15) is 0 Å².